The number of benzene rings is 1. The largest absolute Gasteiger partial charge is 0.377 e. The topological polar surface area (TPSA) is 67.4 Å². The van der Waals surface area contributed by atoms with Crippen LogP contribution in [0.1, 0.15) is 35.7 Å². The number of aromatic nitrogens is 2. The van der Waals surface area contributed by atoms with Crippen molar-refractivity contribution in [3.63, 3.8) is 0 Å². The first kappa shape index (κ1) is 17.0. The van der Waals surface area contributed by atoms with Gasteiger partial charge in [0.15, 0.2) is 0 Å². The molecule has 1 aromatic carbocycles. The van der Waals surface area contributed by atoms with E-state index in [-0.39, 0.29) is 5.91 Å². The second kappa shape index (κ2) is 8.32. The van der Waals surface area contributed by atoms with Gasteiger partial charge in [-0.25, -0.2) is 0 Å². The van der Waals surface area contributed by atoms with Gasteiger partial charge < -0.3 is 4.74 Å². The molecule has 128 valence electrons. The lowest BCUT2D eigenvalue weighted by Gasteiger charge is -2.23. The number of hydrogen-bond donors (Lipinski definition) is 1. The van der Waals surface area contributed by atoms with Crippen molar-refractivity contribution in [3.05, 3.63) is 40.9 Å². The normalized spacial score (nSPS) is 17.3. The number of nitrogens with one attached hydrogen (secondary N) is 1. The van der Waals surface area contributed by atoms with Crippen molar-refractivity contribution in [2.75, 3.05) is 25.0 Å². The Bertz CT molecular complexity index is 639. The fraction of sp³-hybridized carbons (Fsp3) is 0.471. The fourth-order valence-electron chi connectivity index (χ4n) is 2.80. The van der Waals surface area contributed by atoms with Crippen molar-refractivity contribution in [1.82, 2.24) is 15.1 Å². The van der Waals surface area contributed by atoms with Crippen LogP contribution in [-0.4, -0.2) is 46.8 Å². The van der Waals surface area contributed by atoms with Crippen LogP contribution in [0.4, 0.5) is 5.13 Å². The molecule has 1 atom stereocenters. The third-order valence-electron chi connectivity index (χ3n) is 4.14. The third-order valence-corrected chi connectivity index (χ3v) is 4.74. The van der Waals surface area contributed by atoms with Crippen LogP contribution in [0.3, 0.4) is 0 Å². The minimum atomic E-state index is -0.162. The van der Waals surface area contributed by atoms with Gasteiger partial charge in [0, 0.05) is 25.3 Å². The van der Waals surface area contributed by atoms with Gasteiger partial charge in [-0.1, -0.05) is 30.4 Å². The summed E-state index contributed by atoms with van der Waals surface area (Å²) >= 11 is 1.30. The molecular formula is C17H22N4O2S. The highest BCUT2D eigenvalue weighted by atomic mass is 32.1. The van der Waals surface area contributed by atoms with Crippen LogP contribution in [0.2, 0.25) is 0 Å². The molecule has 0 unspecified atom stereocenters. The Morgan fingerprint density at radius 1 is 1.42 bits per heavy atom. The van der Waals surface area contributed by atoms with Crippen LogP contribution in [-0.2, 0) is 11.3 Å². The number of nitrogens with zero attached hydrogens (tertiary/aromatic N) is 3. The number of rotatable bonds is 7. The second-order valence-corrected chi connectivity index (χ2v) is 6.69. The van der Waals surface area contributed by atoms with Crippen LogP contribution in [0, 0.1) is 0 Å². The predicted octanol–water partition coefficient (Wildman–Crippen LogP) is 2.79. The number of ether oxygens (including phenoxy) is 1. The molecule has 0 aliphatic carbocycles. The van der Waals surface area contributed by atoms with Gasteiger partial charge in [0.2, 0.25) is 5.13 Å². The van der Waals surface area contributed by atoms with E-state index in [4.69, 9.17) is 4.74 Å². The van der Waals surface area contributed by atoms with Gasteiger partial charge in [0.25, 0.3) is 5.91 Å². The van der Waals surface area contributed by atoms with E-state index in [1.807, 2.05) is 24.3 Å². The van der Waals surface area contributed by atoms with E-state index in [0.29, 0.717) is 16.8 Å². The summed E-state index contributed by atoms with van der Waals surface area (Å²) in [6.07, 6.45) is 2.68. The first-order valence-electron chi connectivity index (χ1n) is 8.25. The standard InChI is InChI=1S/C17H22N4O2S/c1-2-21(11-15-4-3-9-23-15)10-13-5-7-14(8-6-13)16(22)19-17-20-18-12-24-17/h5-8,12,15H,2-4,9-11H2,1H3,(H,19,20,22)/t15-/m0/s1. The van der Waals surface area contributed by atoms with Gasteiger partial charge in [-0.2, -0.15) is 0 Å². The van der Waals surface area contributed by atoms with Gasteiger partial charge >= 0.3 is 0 Å². The molecule has 2 heterocycles. The first-order chi connectivity index (χ1) is 11.7. The molecule has 0 bridgehead atoms. The van der Waals surface area contributed by atoms with E-state index < -0.39 is 0 Å². The summed E-state index contributed by atoms with van der Waals surface area (Å²) < 4.78 is 5.72. The number of likely N-dealkylation sites (N-methyl/N-ethyl adjacent to an activating group) is 1. The summed E-state index contributed by atoms with van der Waals surface area (Å²) in [7, 11) is 0. The van der Waals surface area contributed by atoms with Gasteiger partial charge in [-0.3, -0.25) is 15.0 Å². The maximum Gasteiger partial charge on any atom is 0.257 e. The molecule has 2 aromatic rings. The monoisotopic (exact) mass is 346 g/mol. The molecule has 1 aromatic heterocycles. The minimum absolute atomic E-state index is 0.162. The Hall–Kier alpha value is -1.83. The molecule has 1 amide bonds. The lowest BCUT2D eigenvalue weighted by atomic mass is 10.1. The highest BCUT2D eigenvalue weighted by Gasteiger charge is 2.18. The van der Waals surface area contributed by atoms with Gasteiger partial charge in [-0.15, -0.1) is 10.2 Å². The molecule has 0 spiro atoms. The SMILES string of the molecule is CCN(Cc1ccc(C(=O)Nc2nncs2)cc1)C[C@@H]1CCCO1. The number of anilines is 1. The molecule has 1 fully saturated rings. The van der Waals surface area contributed by atoms with Crippen LogP contribution in [0.25, 0.3) is 0 Å². The molecule has 24 heavy (non-hydrogen) atoms. The van der Waals surface area contributed by atoms with Crippen LogP contribution in [0.15, 0.2) is 29.8 Å². The Labute approximate surface area is 145 Å². The number of hydrogen-bond acceptors (Lipinski definition) is 6. The van der Waals surface area contributed by atoms with E-state index >= 15 is 0 Å². The lowest BCUT2D eigenvalue weighted by Crippen LogP contribution is -2.31. The van der Waals surface area contributed by atoms with Crippen molar-refractivity contribution < 1.29 is 9.53 Å². The highest BCUT2D eigenvalue weighted by Crippen LogP contribution is 2.16. The van der Waals surface area contributed by atoms with Crippen molar-refractivity contribution in [1.29, 1.82) is 0 Å². The fourth-order valence-corrected chi connectivity index (χ4v) is 3.24. The maximum absolute atomic E-state index is 12.1. The summed E-state index contributed by atoms with van der Waals surface area (Å²) in [4.78, 5) is 14.5. The summed E-state index contributed by atoms with van der Waals surface area (Å²) in [5.74, 6) is -0.162. The highest BCUT2D eigenvalue weighted by molar-refractivity contribution is 7.13. The molecule has 1 saturated heterocycles. The number of carbonyl (C=O) groups excluding carboxylic acids is 1. The Morgan fingerprint density at radius 3 is 2.88 bits per heavy atom. The Kier molecular flexibility index (Phi) is 5.90. The molecule has 1 aliphatic rings. The molecule has 3 rings (SSSR count). The third kappa shape index (κ3) is 4.59. The summed E-state index contributed by atoms with van der Waals surface area (Å²) in [6, 6.07) is 7.72. The Morgan fingerprint density at radius 2 is 2.25 bits per heavy atom. The quantitative estimate of drug-likeness (QED) is 0.835. The zero-order valence-corrected chi connectivity index (χ0v) is 14.6. The van der Waals surface area contributed by atoms with E-state index in [2.05, 4.69) is 27.3 Å². The van der Waals surface area contributed by atoms with E-state index in [9.17, 15) is 4.79 Å². The zero-order valence-electron chi connectivity index (χ0n) is 13.8. The van der Waals surface area contributed by atoms with Gasteiger partial charge in [0.1, 0.15) is 5.51 Å². The summed E-state index contributed by atoms with van der Waals surface area (Å²) in [6.45, 7) is 5.88. The summed E-state index contributed by atoms with van der Waals surface area (Å²) in [5.41, 5.74) is 3.41. The smallest absolute Gasteiger partial charge is 0.257 e. The van der Waals surface area contributed by atoms with Crippen molar-refractivity contribution in [2.45, 2.75) is 32.4 Å². The number of amides is 1. The molecular weight excluding hydrogens is 324 g/mol. The van der Waals surface area contributed by atoms with Crippen LogP contribution < -0.4 is 5.32 Å². The second-order valence-electron chi connectivity index (χ2n) is 5.86. The predicted molar refractivity (Wildman–Crippen MR) is 94.2 cm³/mol. The van der Waals surface area contributed by atoms with Crippen LogP contribution in [0.5, 0.6) is 0 Å². The minimum Gasteiger partial charge on any atom is -0.377 e. The molecule has 1 N–H and O–H groups in total. The van der Waals surface area contributed by atoms with Crippen molar-refractivity contribution >= 4 is 22.4 Å². The molecule has 1 aliphatic heterocycles. The molecule has 0 saturated carbocycles. The Balaban J connectivity index is 1.55. The molecule has 7 heteroatoms. The maximum atomic E-state index is 12.1. The van der Waals surface area contributed by atoms with E-state index in [1.165, 1.54) is 23.3 Å². The lowest BCUT2D eigenvalue weighted by molar-refractivity contribution is 0.0725. The molecule has 6 nitrogen and oxygen atoms in total. The summed E-state index contributed by atoms with van der Waals surface area (Å²) in [5, 5.41) is 10.8. The van der Waals surface area contributed by atoms with Crippen molar-refractivity contribution in [2.24, 2.45) is 0 Å². The first-order valence-corrected chi connectivity index (χ1v) is 9.13. The van der Waals surface area contributed by atoms with E-state index in [0.717, 1.165) is 32.7 Å². The van der Waals surface area contributed by atoms with Gasteiger partial charge in [0.05, 0.1) is 6.10 Å². The van der Waals surface area contributed by atoms with Crippen molar-refractivity contribution in [3.8, 4) is 0 Å². The molecule has 0 radical (unpaired) electrons. The number of carbonyl (C=O) groups is 1. The van der Waals surface area contributed by atoms with Gasteiger partial charge in [-0.05, 0) is 37.1 Å². The van der Waals surface area contributed by atoms with E-state index in [1.54, 1.807) is 5.51 Å². The average Bonchev–Trinajstić information content (AvgIpc) is 3.28. The zero-order chi connectivity index (χ0) is 16.8. The van der Waals surface area contributed by atoms with Crippen LogP contribution >= 0.6 is 11.3 Å². The average molecular weight is 346 g/mol.